The van der Waals surface area contributed by atoms with Gasteiger partial charge in [-0.2, -0.15) is 0 Å². The average Bonchev–Trinajstić information content (AvgIpc) is 2.74. The van der Waals surface area contributed by atoms with Crippen LogP contribution in [-0.4, -0.2) is 28.9 Å². The average molecular weight is 350 g/mol. The van der Waals surface area contributed by atoms with Gasteiger partial charge in [-0.05, 0) is 24.1 Å². The van der Waals surface area contributed by atoms with Gasteiger partial charge in [0.1, 0.15) is 11.8 Å². The molecule has 116 valence electrons. The van der Waals surface area contributed by atoms with Crippen molar-refractivity contribution < 1.29 is 4.79 Å². The van der Waals surface area contributed by atoms with Crippen LogP contribution in [0, 0.1) is 0 Å². The molecule has 0 bridgehead atoms. The predicted molar refractivity (Wildman–Crippen MR) is 87.9 cm³/mol. The Hall–Kier alpha value is -0.320. The third-order valence-electron chi connectivity index (χ3n) is 3.77. The molecule has 1 aliphatic rings. The maximum Gasteiger partial charge on any atom is 0.140 e. The lowest BCUT2D eigenvalue weighted by atomic mass is 10.1. The molecule has 0 spiro atoms. The molecular formula is C15H19Cl3N2O. The van der Waals surface area contributed by atoms with E-state index in [1.54, 1.807) is 12.1 Å². The second-order valence-electron chi connectivity index (χ2n) is 5.26. The van der Waals surface area contributed by atoms with Gasteiger partial charge in [0.2, 0.25) is 0 Å². The van der Waals surface area contributed by atoms with E-state index in [1.165, 1.54) is 0 Å². The fourth-order valence-corrected chi connectivity index (χ4v) is 3.43. The Morgan fingerprint density at radius 3 is 2.76 bits per heavy atom. The number of alkyl halides is 1. The van der Waals surface area contributed by atoms with Crippen molar-refractivity contribution in [3.63, 3.8) is 0 Å². The van der Waals surface area contributed by atoms with E-state index in [4.69, 9.17) is 34.8 Å². The van der Waals surface area contributed by atoms with Gasteiger partial charge in [-0.25, -0.2) is 0 Å². The quantitative estimate of drug-likeness (QED) is 0.478. The second kappa shape index (κ2) is 7.80. The van der Waals surface area contributed by atoms with Crippen molar-refractivity contribution in [1.82, 2.24) is 10.2 Å². The minimum atomic E-state index is -0.365. The summed E-state index contributed by atoms with van der Waals surface area (Å²) in [6.45, 7) is 2.72. The monoisotopic (exact) mass is 348 g/mol. The van der Waals surface area contributed by atoms with E-state index < -0.39 is 0 Å². The number of halogens is 3. The first-order valence-corrected chi connectivity index (χ1v) is 8.31. The molecule has 0 saturated carbocycles. The molecular weight excluding hydrogens is 331 g/mol. The van der Waals surface area contributed by atoms with Gasteiger partial charge < -0.3 is 4.79 Å². The summed E-state index contributed by atoms with van der Waals surface area (Å²) in [5.41, 5.74) is 0.581. The van der Waals surface area contributed by atoms with Gasteiger partial charge in [0.05, 0.1) is 12.2 Å². The fraction of sp³-hybridized carbons (Fsp3) is 0.533. The number of benzene rings is 1. The zero-order valence-corrected chi connectivity index (χ0v) is 14.1. The van der Waals surface area contributed by atoms with Crippen LogP contribution in [0.1, 0.15) is 31.7 Å². The summed E-state index contributed by atoms with van der Waals surface area (Å²) in [6.07, 6.45) is 4.13. The van der Waals surface area contributed by atoms with Crippen LogP contribution in [0.15, 0.2) is 18.2 Å². The van der Waals surface area contributed by atoms with Crippen LogP contribution in [-0.2, 0) is 11.3 Å². The van der Waals surface area contributed by atoms with Crippen molar-refractivity contribution in [2.24, 2.45) is 0 Å². The highest BCUT2D eigenvalue weighted by atomic mass is 35.5. The molecule has 1 aromatic carbocycles. The Bertz CT molecular complexity index is 498. The van der Waals surface area contributed by atoms with Crippen molar-refractivity contribution in [2.45, 2.75) is 50.4 Å². The van der Waals surface area contributed by atoms with E-state index in [9.17, 15) is 4.79 Å². The molecule has 1 fully saturated rings. The highest BCUT2D eigenvalue weighted by Gasteiger charge is 2.39. The topological polar surface area (TPSA) is 32.3 Å². The minimum absolute atomic E-state index is 0.0920. The van der Waals surface area contributed by atoms with Crippen molar-refractivity contribution >= 4 is 41.1 Å². The third kappa shape index (κ3) is 4.11. The molecule has 0 amide bonds. The summed E-state index contributed by atoms with van der Waals surface area (Å²) >= 11 is 18.4. The summed E-state index contributed by atoms with van der Waals surface area (Å²) < 4.78 is 0. The predicted octanol–water partition coefficient (Wildman–Crippen LogP) is 4.05. The number of carbonyl (C=O) groups excluding carboxylic acids is 1. The molecule has 1 aromatic rings. The Balaban J connectivity index is 2.17. The Morgan fingerprint density at radius 1 is 1.38 bits per heavy atom. The van der Waals surface area contributed by atoms with Crippen LogP contribution in [0.2, 0.25) is 10.0 Å². The van der Waals surface area contributed by atoms with Gasteiger partial charge >= 0.3 is 0 Å². The molecule has 2 rings (SSSR count). The van der Waals surface area contributed by atoms with Crippen LogP contribution < -0.4 is 5.32 Å². The lowest BCUT2D eigenvalue weighted by Crippen LogP contribution is -2.39. The number of rotatable bonds is 6. The summed E-state index contributed by atoms with van der Waals surface area (Å²) in [7, 11) is 0. The summed E-state index contributed by atoms with van der Waals surface area (Å²) in [5.74, 6) is 0. The number of hydrogen-bond acceptors (Lipinski definition) is 3. The van der Waals surface area contributed by atoms with E-state index in [1.807, 2.05) is 6.07 Å². The number of nitrogens with zero attached hydrogens (tertiary/aromatic N) is 1. The smallest absolute Gasteiger partial charge is 0.140 e. The highest BCUT2D eigenvalue weighted by Crippen LogP contribution is 2.28. The van der Waals surface area contributed by atoms with E-state index in [0.717, 1.165) is 31.1 Å². The molecule has 6 heteroatoms. The van der Waals surface area contributed by atoms with E-state index in [2.05, 4.69) is 17.1 Å². The van der Waals surface area contributed by atoms with Gasteiger partial charge in [-0.1, -0.05) is 49.0 Å². The molecule has 1 aliphatic heterocycles. The number of carbonyl (C=O) groups is 1. The van der Waals surface area contributed by atoms with Crippen LogP contribution in [0.5, 0.6) is 0 Å². The first kappa shape index (κ1) is 17.0. The largest absolute Gasteiger partial charge is 0.302 e. The van der Waals surface area contributed by atoms with Gasteiger partial charge in [-0.15, -0.1) is 11.6 Å². The van der Waals surface area contributed by atoms with Crippen molar-refractivity contribution in [1.29, 1.82) is 0 Å². The Labute approximate surface area is 140 Å². The summed E-state index contributed by atoms with van der Waals surface area (Å²) in [5, 5.41) is 4.50. The first-order valence-electron chi connectivity index (χ1n) is 7.12. The number of hydrogen-bond donors (Lipinski definition) is 1. The minimum Gasteiger partial charge on any atom is -0.302 e. The van der Waals surface area contributed by atoms with Gasteiger partial charge in [0.15, 0.2) is 0 Å². The van der Waals surface area contributed by atoms with Crippen molar-refractivity contribution in [2.75, 3.05) is 0 Å². The van der Waals surface area contributed by atoms with E-state index >= 15 is 0 Å². The Morgan fingerprint density at radius 2 is 2.14 bits per heavy atom. The number of unbranched alkanes of at least 4 members (excludes halogenated alkanes) is 1. The zero-order chi connectivity index (χ0) is 15.4. The maximum absolute atomic E-state index is 11.4. The van der Waals surface area contributed by atoms with E-state index in [-0.39, 0.29) is 17.7 Å². The number of aldehydes is 1. The molecule has 0 aliphatic carbocycles. The zero-order valence-electron chi connectivity index (χ0n) is 11.9. The third-order valence-corrected chi connectivity index (χ3v) is 4.74. The molecule has 1 heterocycles. The maximum atomic E-state index is 11.4. The van der Waals surface area contributed by atoms with Gasteiger partial charge in [0.25, 0.3) is 0 Å². The first-order chi connectivity index (χ1) is 10.1. The Kier molecular flexibility index (Phi) is 6.33. The molecule has 3 atom stereocenters. The lowest BCUT2D eigenvalue weighted by molar-refractivity contribution is -0.112. The lowest BCUT2D eigenvalue weighted by Gasteiger charge is -2.27. The molecule has 3 nitrogen and oxygen atoms in total. The highest BCUT2D eigenvalue weighted by molar-refractivity contribution is 6.35. The SMILES string of the molecule is CCCCC1NC(Cl)C(C=O)N1Cc1ccc(Cl)cc1Cl. The van der Waals surface area contributed by atoms with Crippen molar-refractivity contribution in [3.8, 4) is 0 Å². The fourth-order valence-electron chi connectivity index (χ4n) is 2.61. The van der Waals surface area contributed by atoms with Crippen LogP contribution in [0.4, 0.5) is 0 Å². The summed E-state index contributed by atoms with van der Waals surface area (Å²) in [4.78, 5) is 13.4. The summed E-state index contributed by atoms with van der Waals surface area (Å²) in [6, 6.07) is 5.07. The van der Waals surface area contributed by atoms with Crippen LogP contribution >= 0.6 is 34.8 Å². The normalized spacial score (nSPS) is 26.2. The standard InChI is InChI=1S/C15H19Cl3N2O/c1-2-3-4-14-19-15(18)13(9-21)20(14)8-10-5-6-11(16)7-12(10)17/h5-7,9,13-15,19H,2-4,8H2,1H3. The molecule has 3 unspecified atom stereocenters. The van der Waals surface area contributed by atoms with Crippen LogP contribution in [0.25, 0.3) is 0 Å². The second-order valence-corrected chi connectivity index (χ2v) is 6.58. The van der Waals surface area contributed by atoms with Crippen LogP contribution in [0.3, 0.4) is 0 Å². The van der Waals surface area contributed by atoms with E-state index in [0.29, 0.717) is 16.6 Å². The molecule has 0 aromatic heterocycles. The molecule has 1 N–H and O–H groups in total. The molecule has 1 saturated heterocycles. The van der Waals surface area contributed by atoms with Gasteiger partial charge in [0, 0.05) is 16.6 Å². The number of nitrogens with one attached hydrogen (secondary N) is 1. The molecule has 21 heavy (non-hydrogen) atoms. The van der Waals surface area contributed by atoms with Crippen molar-refractivity contribution in [3.05, 3.63) is 33.8 Å². The van der Waals surface area contributed by atoms with Gasteiger partial charge in [-0.3, -0.25) is 10.2 Å². The molecule has 0 radical (unpaired) electrons.